The average Bonchev–Trinajstić information content (AvgIpc) is 2.98. The van der Waals surface area contributed by atoms with Crippen molar-refractivity contribution in [1.29, 1.82) is 0 Å². The van der Waals surface area contributed by atoms with Gasteiger partial charge in [-0.25, -0.2) is 4.98 Å². The van der Waals surface area contributed by atoms with Gasteiger partial charge in [0, 0.05) is 23.5 Å². The molecule has 0 radical (unpaired) electrons. The van der Waals surface area contributed by atoms with Crippen molar-refractivity contribution in [3.05, 3.63) is 60.4 Å². The molecule has 2 aromatic heterocycles. The van der Waals surface area contributed by atoms with E-state index >= 15 is 0 Å². The number of nitrogens with one attached hydrogen (secondary N) is 1. The Morgan fingerprint density at radius 3 is 2.70 bits per heavy atom. The number of pyridine rings is 1. The second-order valence-corrected chi connectivity index (χ2v) is 6.17. The number of rotatable bonds is 4. The molecule has 0 bridgehead atoms. The summed E-state index contributed by atoms with van der Waals surface area (Å²) in [5, 5.41) is 12.1. The van der Waals surface area contributed by atoms with Crippen LogP contribution in [-0.2, 0) is 0 Å². The number of amides is 1. The van der Waals surface area contributed by atoms with E-state index in [1.807, 2.05) is 47.1 Å². The number of hydrogen-bond donors (Lipinski definition) is 2. The zero-order chi connectivity index (χ0) is 16.4. The summed E-state index contributed by atoms with van der Waals surface area (Å²) >= 11 is 0. The number of hydrogen-bond acceptors (Lipinski definition) is 3. The monoisotopic (exact) mass is 309 g/mol. The molecule has 0 saturated carbocycles. The Morgan fingerprint density at radius 1 is 1.26 bits per heavy atom. The first-order valence-corrected chi connectivity index (χ1v) is 7.46. The number of carbonyl (C=O) groups excluding carboxylic acids is 1. The summed E-state index contributed by atoms with van der Waals surface area (Å²) in [5.74, 6) is -0.226. The molecule has 118 valence electrons. The summed E-state index contributed by atoms with van der Waals surface area (Å²) in [6, 6.07) is 13.4. The molecule has 2 heterocycles. The molecule has 0 atom stereocenters. The molecule has 0 saturated heterocycles. The third-order valence-corrected chi connectivity index (χ3v) is 3.64. The van der Waals surface area contributed by atoms with E-state index in [1.165, 1.54) is 0 Å². The Kier molecular flexibility index (Phi) is 3.88. The molecule has 1 amide bonds. The smallest absolute Gasteiger partial charge is 0.251 e. The summed E-state index contributed by atoms with van der Waals surface area (Å²) < 4.78 is 1.89. The standard InChI is InChI=1S/C18H19N3O2/c1-18(2,12-22)20-17(23)14-8-9-21-11-15(19-16(21)10-14)13-6-4-3-5-7-13/h3-11,22H,12H2,1-2H3,(H,20,23). The number of carbonyl (C=O) groups is 1. The highest BCUT2D eigenvalue weighted by molar-refractivity contribution is 5.95. The fourth-order valence-corrected chi connectivity index (χ4v) is 2.29. The number of imidazole rings is 1. The van der Waals surface area contributed by atoms with Gasteiger partial charge in [0.2, 0.25) is 0 Å². The normalized spacial score (nSPS) is 11.6. The van der Waals surface area contributed by atoms with Gasteiger partial charge in [0.05, 0.1) is 17.8 Å². The van der Waals surface area contributed by atoms with Crippen LogP contribution < -0.4 is 5.32 Å². The Labute approximate surface area is 134 Å². The molecule has 0 unspecified atom stereocenters. The van der Waals surface area contributed by atoms with Gasteiger partial charge in [-0.15, -0.1) is 0 Å². The molecule has 0 aliphatic heterocycles. The first-order chi connectivity index (χ1) is 11.0. The minimum Gasteiger partial charge on any atom is -0.394 e. The zero-order valence-electron chi connectivity index (χ0n) is 13.2. The van der Waals surface area contributed by atoms with Crippen molar-refractivity contribution in [1.82, 2.24) is 14.7 Å². The number of benzene rings is 1. The fraction of sp³-hybridized carbons (Fsp3) is 0.222. The lowest BCUT2D eigenvalue weighted by Crippen LogP contribution is -2.46. The molecule has 0 aliphatic carbocycles. The van der Waals surface area contributed by atoms with Crippen molar-refractivity contribution in [2.24, 2.45) is 0 Å². The van der Waals surface area contributed by atoms with E-state index in [0.717, 1.165) is 11.3 Å². The summed E-state index contributed by atoms with van der Waals surface area (Å²) in [6.45, 7) is 3.42. The van der Waals surface area contributed by atoms with E-state index in [-0.39, 0.29) is 12.5 Å². The van der Waals surface area contributed by atoms with Crippen LogP contribution in [-0.4, -0.2) is 32.5 Å². The maximum atomic E-state index is 12.3. The van der Waals surface area contributed by atoms with Crippen LogP contribution in [0.5, 0.6) is 0 Å². The second kappa shape index (κ2) is 5.85. The summed E-state index contributed by atoms with van der Waals surface area (Å²) in [7, 11) is 0. The second-order valence-electron chi connectivity index (χ2n) is 6.17. The van der Waals surface area contributed by atoms with E-state index in [2.05, 4.69) is 10.3 Å². The van der Waals surface area contributed by atoms with Crippen molar-refractivity contribution in [2.75, 3.05) is 6.61 Å². The molecule has 3 aromatic rings. The number of fused-ring (bicyclic) bond motifs is 1. The quantitative estimate of drug-likeness (QED) is 0.778. The van der Waals surface area contributed by atoms with Crippen molar-refractivity contribution in [2.45, 2.75) is 19.4 Å². The number of nitrogens with zero attached hydrogens (tertiary/aromatic N) is 2. The van der Waals surface area contributed by atoms with Gasteiger partial charge in [-0.3, -0.25) is 4.79 Å². The van der Waals surface area contributed by atoms with Crippen molar-refractivity contribution >= 4 is 11.6 Å². The van der Waals surface area contributed by atoms with E-state index < -0.39 is 5.54 Å². The van der Waals surface area contributed by atoms with Crippen molar-refractivity contribution in [3.63, 3.8) is 0 Å². The van der Waals surface area contributed by atoms with E-state index in [1.54, 1.807) is 26.0 Å². The van der Waals surface area contributed by atoms with Gasteiger partial charge >= 0.3 is 0 Å². The van der Waals surface area contributed by atoms with Gasteiger partial charge in [0.15, 0.2) is 0 Å². The highest BCUT2D eigenvalue weighted by Crippen LogP contribution is 2.19. The third kappa shape index (κ3) is 3.24. The van der Waals surface area contributed by atoms with Gasteiger partial charge in [-0.1, -0.05) is 30.3 Å². The fourth-order valence-electron chi connectivity index (χ4n) is 2.29. The van der Waals surface area contributed by atoms with Crippen LogP contribution in [0.4, 0.5) is 0 Å². The maximum absolute atomic E-state index is 12.3. The molecule has 0 fully saturated rings. The van der Waals surface area contributed by atoms with Crippen LogP contribution >= 0.6 is 0 Å². The molecule has 5 nitrogen and oxygen atoms in total. The molecule has 5 heteroatoms. The Bertz CT molecular complexity index is 838. The minimum atomic E-state index is -0.659. The number of aromatic nitrogens is 2. The lowest BCUT2D eigenvalue weighted by molar-refractivity contribution is 0.0869. The molecule has 23 heavy (non-hydrogen) atoms. The van der Waals surface area contributed by atoms with Crippen LogP contribution in [0.25, 0.3) is 16.9 Å². The Hall–Kier alpha value is -2.66. The number of aliphatic hydroxyl groups excluding tert-OH is 1. The highest BCUT2D eigenvalue weighted by Gasteiger charge is 2.20. The number of aliphatic hydroxyl groups is 1. The SMILES string of the molecule is CC(C)(CO)NC(=O)c1ccn2cc(-c3ccccc3)nc2c1. The van der Waals surface area contributed by atoms with Gasteiger partial charge < -0.3 is 14.8 Å². The molecule has 0 aliphatic rings. The van der Waals surface area contributed by atoms with Crippen LogP contribution in [0.15, 0.2) is 54.9 Å². The van der Waals surface area contributed by atoms with Gasteiger partial charge in [-0.05, 0) is 26.0 Å². The Morgan fingerprint density at radius 2 is 2.00 bits per heavy atom. The van der Waals surface area contributed by atoms with E-state index in [0.29, 0.717) is 11.2 Å². The van der Waals surface area contributed by atoms with Crippen LogP contribution in [0, 0.1) is 0 Å². The van der Waals surface area contributed by atoms with Gasteiger partial charge in [0.25, 0.3) is 5.91 Å². The van der Waals surface area contributed by atoms with Gasteiger partial charge in [-0.2, -0.15) is 0 Å². The summed E-state index contributed by atoms with van der Waals surface area (Å²) in [6.07, 6.45) is 3.75. The third-order valence-electron chi connectivity index (χ3n) is 3.64. The predicted molar refractivity (Wildman–Crippen MR) is 89.3 cm³/mol. The molecule has 2 N–H and O–H groups in total. The topological polar surface area (TPSA) is 66.6 Å². The Balaban J connectivity index is 1.92. The maximum Gasteiger partial charge on any atom is 0.251 e. The lowest BCUT2D eigenvalue weighted by atomic mass is 10.1. The van der Waals surface area contributed by atoms with Crippen molar-refractivity contribution < 1.29 is 9.90 Å². The highest BCUT2D eigenvalue weighted by atomic mass is 16.3. The zero-order valence-corrected chi connectivity index (χ0v) is 13.2. The molecule has 3 rings (SSSR count). The summed E-state index contributed by atoms with van der Waals surface area (Å²) in [4.78, 5) is 16.9. The molecular formula is C18H19N3O2. The first-order valence-electron chi connectivity index (χ1n) is 7.46. The van der Waals surface area contributed by atoms with E-state index in [4.69, 9.17) is 0 Å². The van der Waals surface area contributed by atoms with E-state index in [9.17, 15) is 9.90 Å². The van der Waals surface area contributed by atoms with Crippen LogP contribution in [0.1, 0.15) is 24.2 Å². The minimum absolute atomic E-state index is 0.123. The van der Waals surface area contributed by atoms with Crippen LogP contribution in [0.2, 0.25) is 0 Å². The first kappa shape index (κ1) is 15.2. The van der Waals surface area contributed by atoms with Crippen molar-refractivity contribution in [3.8, 4) is 11.3 Å². The predicted octanol–water partition coefficient (Wildman–Crippen LogP) is 2.50. The lowest BCUT2D eigenvalue weighted by Gasteiger charge is -2.23. The van der Waals surface area contributed by atoms with Gasteiger partial charge in [0.1, 0.15) is 5.65 Å². The average molecular weight is 309 g/mol. The largest absolute Gasteiger partial charge is 0.394 e. The summed E-state index contributed by atoms with van der Waals surface area (Å²) in [5.41, 5.74) is 2.46. The molecule has 1 aromatic carbocycles. The molecular weight excluding hydrogens is 290 g/mol. The van der Waals surface area contributed by atoms with Crippen LogP contribution in [0.3, 0.4) is 0 Å². The molecule has 0 spiro atoms.